The summed E-state index contributed by atoms with van der Waals surface area (Å²) in [6.07, 6.45) is 0.892. The van der Waals surface area contributed by atoms with Crippen LogP contribution in [-0.2, 0) is 6.42 Å². The highest BCUT2D eigenvalue weighted by atomic mass is 16.1. The highest BCUT2D eigenvalue weighted by molar-refractivity contribution is 6.06. The van der Waals surface area contributed by atoms with Gasteiger partial charge >= 0.3 is 0 Å². The van der Waals surface area contributed by atoms with E-state index in [-0.39, 0.29) is 5.91 Å². The second-order valence-corrected chi connectivity index (χ2v) is 4.74. The summed E-state index contributed by atoms with van der Waals surface area (Å²) in [5.41, 5.74) is 3.56. The van der Waals surface area contributed by atoms with Crippen LogP contribution in [0.1, 0.15) is 23.0 Å². The van der Waals surface area contributed by atoms with E-state index in [0.29, 0.717) is 5.69 Å². The first-order chi connectivity index (χ1) is 9.78. The molecule has 0 atom stereocenters. The van der Waals surface area contributed by atoms with E-state index in [1.807, 2.05) is 54.6 Å². The number of hydrogen-bond donors (Lipinski definition) is 2. The minimum atomic E-state index is -0.109. The number of aryl methyl sites for hydroxylation is 1. The normalized spacial score (nSPS) is 10.7. The lowest BCUT2D eigenvalue weighted by Gasteiger charge is -2.08. The van der Waals surface area contributed by atoms with Crippen LogP contribution >= 0.6 is 0 Å². The summed E-state index contributed by atoms with van der Waals surface area (Å²) in [6, 6.07) is 17.6. The number of nitrogens with one attached hydrogen (secondary N) is 2. The van der Waals surface area contributed by atoms with Gasteiger partial charge in [0.25, 0.3) is 5.91 Å². The maximum Gasteiger partial charge on any atom is 0.272 e. The summed E-state index contributed by atoms with van der Waals surface area (Å²) in [6.45, 7) is 2.08. The third kappa shape index (κ3) is 2.30. The van der Waals surface area contributed by atoms with E-state index in [9.17, 15) is 4.79 Å². The lowest BCUT2D eigenvalue weighted by atomic mass is 10.1. The zero-order valence-electron chi connectivity index (χ0n) is 11.3. The van der Waals surface area contributed by atoms with Crippen LogP contribution in [0.25, 0.3) is 10.9 Å². The molecule has 0 aliphatic rings. The molecule has 2 aromatic carbocycles. The van der Waals surface area contributed by atoms with Crippen LogP contribution in [0.2, 0.25) is 0 Å². The molecule has 3 aromatic rings. The van der Waals surface area contributed by atoms with Crippen molar-refractivity contribution in [3.05, 3.63) is 65.9 Å². The molecule has 0 aliphatic heterocycles. The van der Waals surface area contributed by atoms with E-state index in [4.69, 9.17) is 0 Å². The van der Waals surface area contributed by atoms with E-state index in [1.54, 1.807) is 0 Å². The Morgan fingerprint density at radius 1 is 1.10 bits per heavy atom. The standard InChI is InChI=1S/C17H16N2O/c1-2-12-7-3-5-9-14(12)19-17(20)16-11-13-8-4-6-10-15(13)18-16/h3-11,18H,2H2,1H3,(H,19,20). The second kappa shape index (κ2) is 5.21. The van der Waals surface area contributed by atoms with Crippen molar-refractivity contribution in [3.8, 4) is 0 Å². The van der Waals surface area contributed by atoms with Crippen molar-refractivity contribution < 1.29 is 4.79 Å². The van der Waals surface area contributed by atoms with Gasteiger partial charge in [0.05, 0.1) is 0 Å². The highest BCUT2D eigenvalue weighted by Gasteiger charge is 2.10. The molecule has 0 spiro atoms. The molecule has 3 nitrogen and oxygen atoms in total. The Hall–Kier alpha value is -2.55. The Balaban J connectivity index is 1.89. The fraction of sp³-hybridized carbons (Fsp3) is 0.118. The molecule has 0 bridgehead atoms. The maximum atomic E-state index is 12.3. The fourth-order valence-electron chi connectivity index (χ4n) is 2.34. The molecule has 2 N–H and O–H groups in total. The monoisotopic (exact) mass is 264 g/mol. The molecule has 0 saturated carbocycles. The van der Waals surface area contributed by atoms with Crippen molar-refractivity contribution in [1.82, 2.24) is 4.98 Å². The van der Waals surface area contributed by atoms with Gasteiger partial charge in [-0.1, -0.05) is 43.3 Å². The number of aromatic nitrogens is 1. The molecule has 1 amide bonds. The lowest BCUT2D eigenvalue weighted by Crippen LogP contribution is -2.13. The Bertz CT molecular complexity index is 725. The van der Waals surface area contributed by atoms with Crippen molar-refractivity contribution in [3.63, 3.8) is 0 Å². The van der Waals surface area contributed by atoms with Crippen LogP contribution < -0.4 is 5.32 Å². The Morgan fingerprint density at radius 2 is 1.85 bits per heavy atom. The fourth-order valence-corrected chi connectivity index (χ4v) is 2.34. The Morgan fingerprint density at radius 3 is 2.65 bits per heavy atom. The molecule has 100 valence electrons. The van der Waals surface area contributed by atoms with E-state index in [1.165, 1.54) is 0 Å². The van der Waals surface area contributed by atoms with Crippen LogP contribution in [-0.4, -0.2) is 10.9 Å². The summed E-state index contributed by atoms with van der Waals surface area (Å²) in [5, 5.41) is 4.01. The van der Waals surface area contributed by atoms with Gasteiger partial charge in [-0.25, -0.2) is 0 Å². The number of amides is 1. The van der Waals surface area contributed by atoms with Crippen molar-refractivity contribution in [1.29, 1.82) is 0 Å². The number of H-pyrrole nitrogens is 1. The molecule has 3 rings (SSSR count). The number of hydrogen-bond acceptors (Lipinski definition) is 1. The largest absolute Gasteiger partial charge is 0.351 e. The van der Waals surface area contributed by atoms with E-state index >= 15 is 0 Å². The summed E-state index contributed by atoms with van der Waals surface area (Å²) in [5.74, 6) is -0.109. The van der Waals surface area contributed by atoms with Gasteiger partial charge in [-0.15, -0.1) is 0 Å². The predicted molar refractivity (Wildman–Crippen MR) is 82.1 cm³/mol. The smallest absolute Gasteiger partial charge is 0.272 e. The second-order valence-electron chi connectivity index (χ2n) is 4.74. The van der Waals surface area contributed by atoms with Crippen molar-refractivity contribution in [2.75, 3.05) is 5.32 Å². The molecular formula is C17H16N2O. The Kier molecular flexibility index (Phi) is 3.25. The maximum absolute atomic E-state index is 12.3. The molecule has 0 fully saturated rings. The number of para-hydroxylation sites is 2. The number of anilines is 1. The first-order valence-electron chi connectivity index (χ1n) is 6.75. The van der Waals surface area contributed by atoms with Crippen LogP contribution in [0.15, 0.2) is 54.6 Å². The molecule has 0 saturated heterocycles. The number of benzene rings is 2. The molecule has 0 aliphatic carbocycles. The number of carbonyl (C=O) groups is 1. The van der Waals surface area contributed by atoms with Gasteiger partial charge in [0.15, 0.2) is 0 Å². The molecule has 0 unspecified atom stereocenters. The summed E-state index contributed by atoms with van der Waals surface area (Å²) < 4.78 is 0. The van der Waals surface area contributed by atoms with Crippen LogP contribution in [0.3, 0.4) is 0 Å². The summed E-state index contributed by atoms with van der Waals surface area (Å²) in [7, 11) is 0. The van der Waals surface area contributed by atoms with Crippen molar-refractivity contribution >= 4 is 22.5 Å². The lowest BCUT2D eigenvalue weighted by molar-refractivity contribution is 0.102. The number of aromatic amines is 1. The minimum Gasteiger partial charge on any atom is -0.351 e. The quantitative estimate of drug-likeness (QED) is 0.738. The molecule has 0 radical (unpaired) electrons. The van der Waals surface area contributed by atoms with Gasteiger partial charge < -0.3 is 10.3 Å². The molecule has 1 aromatic heterocycles. The number of rotatable bonds is 3. The minimum absolute atomic E-state index is 0.109. The van der Waals surface area contributed by atoms with E-state index in [2.05, 4.69) is 17.2 Å². The number of carbonyl (C=O) groups excluding carboxylic acids is 1. The van der Waals surface area contributed by atoms with E-state index < -0.39 is 0 Å². The van der Waals surface area contributed by atoms with Gasteiger partial charge in [0.1, 0.15) is 5.69 Å². The Labute approximate surface area is 117 Å². The average Bonchev–Trinajstić information content (AvgIpc) is 2.92. The third-order valence-corrected chi connectivity index (χ3v) is 3.42. The van der Waals surface area contributed by atoms with Gasteiger partial charge in [-0.3, -0.25) is 4.79 Å². The van der Waals surface area contributed by atoms with Gasteiger partial charge in [0, 0.05) is 16.6 Å². The zero-order chi connectivity index (χ0) is 13.9. The van der Waals surface area contributed by atoms with Crippen molar-refractivity contribution in [2.24, 2.45) is 0 Å². The molecular weight excluding hydrogens is 248 g/mol. The SMILES string of the molecule is CCc1ccccc1NC(=O)c1cc2ccccc2[nH]1. The van der Waals surface area contributed by atoms with Gasteiger partial charge in [-0.05, 0) is 30.2 Å². The molecule has 1 heterocycles. The van der Waals surface area contributed by atoms with Crippen molar-refractivity contribution in [2.45, 2.75) is 13.3 Å². The summed E-state index contributed by atoms with van der Waals surface area (Å²) in [4.78, 5) is 15.5. The van der Waals surface area contributed by atoms with Gasteiger partial charge in [-0.2, -0.15) is 0 Å². The topological polar surface area (TPSA) is 44.9 Å². The van der Waals surface area contributed by atoms with E-state index in [0.717, 1.165) is 28.6 Å². The van der Waals surface area contributed by atoms with Crippen LogP contribution in [0.5, 0.6) is 0 Å². The highest BCUT2D eigenvalue weighted by Crippen LogP contribution is 2.19. The first-order valence-corrected chi connectivity index (χ1v) is 6.75. The third-order valence-electron chi connectivity index (χ3n) is 3.42. The number of fused-ring (bicyclic) bond motifs is 1. The van der Waals surface area contributed by atoms with Gasteiger partial charge in [0.2, 0.25) is 0 Å². The zero-order valence-corrected chi connectivity index (χ0v) is 11.3. The van der Waals surface area contributed by atoms with Crippen LogP contribution in [0, 0.1) is 0 Å². The molecule has 3 heteroatoms. The predicted octanol–water partition coefficient (Wildman–Crippen LogP) is 3.98. The molecule has 20 heavy (non-hydrogen) atoms. The first kappa shape index (κ1) is 12.5. The average molecular weight is 264 g/mol. The van der Waals surface area contributed by atoms with Crippen LogP contribution in [0.4, 0.5) is 5.69 Å². The summed E-state index contributed by atoms with van der Waals surface area (Å²) >= 11 is 0.